The second kappa shape index (κ2) is 5.45. The number of nitrogens with zero attached hydrogens (tertiary/aromatic N) is 2. The predicted molar refractivity (Wildman–Crippen MR) is 72.9 cm³/mol. The van der Waals surface area contributed by atoms with E-state index in [4.69, 9.17) is 15.7 Å². The lowest BCUT2D eigenvalue weighted by molar-refractivity contribution is -0.129. The molecule has 0 aliphatic carbocycles. The Morgan fingerprint density at radius 2 is 2.17 bits per heavy atom. The van der Waals surface area contributed by atoms with Crippen LogP contribution in [0.5, 0.6) is 0 Å². The van der Waals surface area contributed by atoms with Gasteiger partial charge >= 0.3 is 0 Å². The minimum absolute atomic E-state index is 0.0988. The van der Waals surface area contributed by atoms with Crippen molar-refractivity contribution in [2.24, 2.45) is 16.3 Å². The lowest BCUT2D eigenvalue weighted by atomic mass is 9.87. The molecule has 1 heterocycles. The van der Waals surface area contributed by atoms with Crippen molar-refractivity contribution in [2.45, 2.75) is 52.7 Å². The van der Waals surface area contributed by atoms with Gasteiger partial charge in [0.2, 0.25) is 0 Å². The first-order valence-corrected chi connectivity index (χ1v) is 6.54. The number of rotatable bonds is 4. The zero-order valence-corrected chi connectivity index (χ0v) is 12.2. The van der Waals surface area contributed by atoms with Gasteiger partial charge in [0, 0.05) is 18.5 Å². The Morgan fingerprint density at radius 3 is 2.67 bits per heavy atom. The third kappa shape index (κ3) is 4.14. The number of nitrogens with two attached hydrogens (primary N) is 1. The second-order valence-corrected chi connectivity index (χ2v) is 6.54. The van der Waals surface area contributed by atoms with Crippen molar-refractivity contribution < 1.29 is 9.94 Å². The van der Waals surface area contributed by atoms with Crippen LogP contribution in [0.1, 0.15) is 41.0 Å². The SMILES string of the molecule is CC1CN(CCC(C)(C)C(N)=NO)CC(C)(C)O1. The van der Waals surface area contributed by atoms with Gasteiger partial charge in [-0.1, -0.05) is 19.0 Å². The van der Waals surface area contributed by atoms with Gasteiger partial charge in [0.15, 0.2) is 0 Å². The van der Waals surface area contributed by atoms with Crippen LogP contribution in [0, 0.1) is 5.41 Å². The number of hydrogen-bond acceptors (Lipinski definition) is 4. The molecule has 106 valence electrons. The van der Waals surface area contributed by atoms with Gasteiger partial charge in [-0.3, -0.25) is 4.90 Å². The quantitative estimate of drug-likeness (QED) is 0.348. The Kier molecular flexibility index (Phi) is 4.61. The topological polar surface area (TPSA) is 71.1 Å². The molecule has 1 rings (SSSR count). The molecule has 1 unspecified atom stereocenters. The molecule has 1 aliphatic heterocycles. The van der Waals surface area contributed by atoms with E-state index in [0.29, 0.717) is 5.84 Å². The highest BCUT2D eigenvalue weighted by Gasteiger charge is 2.32. The number of oxime groups is 1. The molecule has 3 N–H and O–H groups in total. The van der Waals surface area contributed by atoms with E-state index in [1.807, 2.05) is 13.8 Å². The maximum atomic E-state index is 8.76. The molecule has 5 nitrogen and oxygen atoms in total. The predicted octanol–water partition coefficient (Wildman–Crippen LogP) is 1.65. The van der Waals surface area contributed by atoms with Crippen LogP contribution in [-0.4, -0.2) is 47.3 Å². The monoisotopic (exact) mass is 257 g/mol. The molecule has 5 heteroatoms. The summed E-state index contributed by atoms with van der Waals surface area (Å²) >= 11 is 0. The van der Waals surface area contributed by atoms with Crippen LogP contribution < -0.4 is 5.73 Å². The second-order valence-electron chi connectivity index (χ2n) is 6.54. The summed E-state index contributed by atoms with van der Waals surface area (Å²) in [4.78, 5) is 2.39. The van der Waals surface area contributed by atoms with Gasteiger partial charge < -0.3 is 15.7 Å². The molecule has 0 bridgehead atoms. The fourth-order valence-electron chi connectivity index (χ4n) is 2.46. The van der Waals surface area contributed by atoms with E-state index in [-0.39, 0.29) is 17.1 Å². The third-order valence-corrected chi connectivity index (χ3v) is 3.49. The fraction of sp³-hybridized carbons (Fsp3) is 0.923. The Hall–Kier alpha value is -0.810. The van der Waals surface area contributed by atoms with Crippen molar-refractivity contribution in [3.8, 4) is 0 Å². The lowest BCUT2D eigenvalue weighted by Crippen LogP contribution is -2.52. The third-order valence-electron chi connectivity index (χ3n) is 3.49. The maximum Gasteiger partial charge on any atom is 0.144 e. The highest BCUT2D eigenvalue weighted by atomic mass is 16.5. The zero-order valence-electron chi connectivity index (χ0n) is 12.2. The van der Waals surface area contributed by atoms with Gasteiger partial charge in [0.05, 0.1) is 11.7 Å². The number of amidine groups is 1. The van der Waals surface area contributed by atoms with E-state index >= 15 is 0 Å². The summed E-state index contributed by atoms with van der Waals surface area (Å²) in [5.41, 5.74) is 5.33. The molecular weight excluding hydrogens is 230 g/mol. The summed E-state index contributed by atoms with van der Waals surface area (Å²) in [6.07, 6.45) is 1.12. The summed E-state index contributed by atoms with van der Waals surface area (Å²) in [7, 11) is 0. The Balaban J connectivity index is 2.53. The van der Waals surface area contributed by atoms with Crippen molar-refractivity contribution in [3.63, 3.8) is 0 Å². The molecule has 0 amide bonds. The van der Waals surface area contributed by atoms with Gasteiger partial charge in [-0.25, -0.2) is 0 Å². The first-order valence-electron chi connectivity index (χ1n) is 6.54. The summed E-state index contributed by atoms with van der Waals surface area (Å²) in [5, 5.41) is 11.9. The number of ether oxygens (including phenoxy) is 1. The van der Waals surface area contributed by atoms with Crippen LogP contribution in [0.25, 0.3) is 0 Å². The lowest BCUT2D eigenvalue weighted by Gasteiger charge is -2.42. The highest BCUT2D eigenvalue weighted by Crippen LogP contribution is 2.25. The molecule has 0 spiro atoms. The van der Waals surface area contributed by atoms with Crippen molar-refractivity contribution >= 4 is 5.84 Å². The summed E-state index contributed by atoms with van der Waals surface area (Å²) in [6.45, 7) is 13.1. The van der Waals surface area contributed by atoms with E-state index in [9.17, 15) is 0 Å². The van der Waals surface area contributed by atoms with Gasteiger partial charge in [-0.15, -0.1) is 0 Å². The molecular formula is C13H27N3O2. The van der Waals surface area contributed by atoms with Gasteiger partial charge in [0.1, 0.15) is 5.84 Å². The molecule has 0 radical (unpaired) electrons. The average molecular weight is 257 g/mol. The molecule has 18 heavy (non-hydrogen) atoms. The van der Waals surface area contributed by atoms with E-state index in [1.165, 1.54) is 0 Å². The normalized spacial score (nSPS) is 26.3. The Morgan fingerprint density at radius 1 is 1.56 bits per heavy atom. The maximum absolute atomic E-state index is 8.76. The largest absolute Gasteiger partial charge is 0.409 e. The molecule has 1 saturated heterocycles. The van der Waals surface area contributed by atoms with Crippen molar-refractivity contribution in [2.75, 3.05) is 19.6 Å². The van der Waals surface area contributed by atoms with Crippen molar-refractivity contribution in [3.05, 3.63) is 0 Å². The van der Waals surface area contributed by atoms with Crippen LogP contribution >= 0.6 is 0 Å². The van der Waals surface area contributed by atoms with Crippen LogP contribution in [0.2, 0.25) is 0 Å². The van der Waals surface area contributed by atoms with Gasteiger partial charge in [0.25, 0.3) is 0 Å². The van der Waals surface area contributed by atoms with Crippen LogP contribution in [-0.2, 0) is 4.74 Å². The average Bonchev–Trinajstić information content (AvgIpc) is 2.22. The first-order chi connectivity index (χ1) is 8.16. The van der Waals surface area contributed by atoms with E-state index in [2.05, 4.69) is 30.8 Å². The summed E-state index contributed by atoms with van der Waals surface area (Å²) in [6, 6.07) is 0. The molecule has 0 aromatic heterocycles. The molecule has 1 fully saturated rings. The van der Waals surface area contributed by atoms with E-state index in [1.54, 1.807) is 0 Å². The van der Waals surface area contributed by atoms with Crippen LogP contribution in [0.4, 0.5) is 0 Å². The molecule has 0 aromatic rings. The van der Waals surface area contributed by atoms with E-state index in [0.717, 1.165) is 26.1 Å². The highest BCUT2D eigenvalue weighted by molar-refractivity contribution is 5.85. The Bertz CT molecular complexity index is 313. The fourth-order valence-corrected chi connectivity index (χ4v) is 2.46. The van der Waals surface area contributed by atoms with Gasteiger partial charge in [-0.05, 0) is 33.7 Å². The molecule has 1 aliphatic rings. The standard InChI is InChI=1S/C13H27N3O2/c1-10-8-16(9-13(4,5)18-10)7-6-12(2,3)11(14)15-17/h10,17H,6-9H2,1-5H3,(H2,14,15). The smallest absolute Gasteiger partial charge is 0.144 e. The van der Waals surface area contributed by atoms with Crippen LogP contribution in [0.15, 0.2) is 5.16 Å². The molecule has 1 atom stereocenters. The van der Waals surface area contributed by atoms with Crippen LogP contribution in [0.3, 0.4) is 0 Å². The summed E-state index contributed by atoms with van der Waals surface area (Å²) in [5.74, 6) is 0.295. The van der Waals surface area contributed by atoms with Crippen molar-refractivity contribution in [1.82, 2.24) is 4.90 Å². The summed E-state index contributed by atoms with van der Waals surface area (Å²) < 4.78 is 5.87. The zero-order chi connectivity index (χ0) is 14.0. The van der Waals surface area contributed by atoms with Crippen molar-refractivity contribution in [1.29, 1.82) is 0 Å². The first kappa shape index (κ1) is 15.2. The number of hydrogen-bond donors (Lipinski definition) is 2. The van der Waals surface area contributed by atoms with E-state index < -0.39 is 0 Å². The minimum Gasteiger partial charge on any atom is -0.409 e. The number of morpholine rings is 1. The molecule has 0 saturated carbocycles. The van der Waals surface area contributed by atoms with Gasteiger partial charge in [-0.2, -0.15) is 0 Å². The molecule has 0 aromatic carbocycles. The minimum atomic E-state index is -0.277. The Labute approximate surface area is 110 Å².